The van der Waals surface area contributed by atoms with Gasteiger partial charge in [-0.05, 0) is 5.56 Å². The molecule has 0 radical (unpaired) electrons. The fourth-order valence-corrected chi connectivity index (χ4v) is 2.15. The molecule has 0 unspecified atom stereocenters. The summed E-state index contributed by atoms with van der Waals surface area (Å²) in [5.74, 6) is -2.75. The Morgan fingerprint density at radius 1 is 0.964 bits per heavy atom. The molecule has 0 aromatic heterocycles. The zero-order valence-corrected chi connectivity index (χ0v) is 15.5. The van der Waals surface area contributed by atoms with Gasteiger partial charge in [-0.3, -0.25) is 14.4 Å². The van der Waals surface area contributed by atoms with Gasteiger partial charge in [0, 0.05) is 19.4 Å². The van der Waals surface area contributed by atoms with Crippen LogP contribution in [0, 0.1) is 0 Å². The molecule has 0 spiro atoms. The summed E-state index contributed by atoms with van der Waals surface area (Å²) in [5, 5.41) is 16.3. The van der Waals surface area contributed by atoms with Crippen molar-refractivity contribution in [2.24, 2.45) is 5.73 Å². The topological polar surface area (TPSA) is 160 Å². The van der Waals surface area contributed by atoms with E-state index in [9.17, 15) is 24.3 Å². The molecule has 3 amide bonds. The Hall–Kier alpha value is -2.98. The minimum atomic E-state index is -1.17. The third kappa shape index (κ3) is 10.2. The molecule has 6 N–H and O–H groups in total. The summed E-state index contributed by atoms with van der Waals surface area (Å²) in [6.07, 6.45) is 0.214. The molecule has 0 aliphatic rings. The lowest BCUT2D eigenvalue weighted by molar-refractivity contribution is -0.141. The SMILES string of the molecule is NCCOCCC(=O)NCC(=O)NCC(=O)N[C@@H](Cc1ccccc1)C(=O)O. The van der Waals surface area contributed by atoms with E-state index in [0.29, 0.717) is 13.2 Å². The molecule has 10 heteroatoms. The zero-order valence-electron chi connectivity index (χ0n) is 15.5. The van der Waals surface area contributed by atoms with Crippen LogP contribution in [-0.2, 0) is 30.3 Å². The molecule has 0 fully saturated rings. The van der Waals surface area contributed by atoms with Crippen LogP contribution in [0.2, 0.25) is 0 Å². The summed E-state index contributed by atoms with van der Waals surface area (Å²) < 4.78 is 5.05. The van der Waals surface area contributed by atoms with Gasteiger partial charge in [0.25, 0.3) is 0 Å². The number of carboxylic acids is 1. The standard InChI is InChI=1S/C18H26N4O6/c19-7-9-28-8-6-15(23)20-11-16(24)21-12-17(25)22-14(18(26)27)10-13-4-2-1-3-5-13/h1-5,14H,6-12,19H2,(H,20,23)(H,21,24)(H,22,25)(H,26,27)/t14-/m0/s1. The molecule has 1 aromatic carbocycles. The number of nitrogens with two attached hydrogens (primary N) is 1. The Labute approximate surface area is 162 Å². The summed E-state index contributed by atoms with van der Waals surface area (Å²) in [6.45, 7) is 0.220. The predicted molar refractivity (Wildman–Crippen MR) is 100 cm³/mol. The van der Waals surface area contributed by atoms with E-state index in [1.165, 1.54) is 0 Å². The van der Waals surface area contributed by atoms with Crippen LogP contribution in [0.15, 0.2) is 30.3 Å². The van der Waals surface area contributed by atoms with Crippen molar-refractivity contribution in [2.45, 2.75) is 18.9 Å². The van der Waals surface area contributed by atoms with E-state index in [-0.39, 0.29) is 31.9 Å². The number of benzene rings is 1. The van der Waals surface area contributed by atoms with E-state index < -0.39 is 30.4 Å². The Morgan fingerprint density at radius 3 is 2.25 bits per heavy atom. The second kappa shape index (κ2) is 13.2. The van der Waals surface area contributed by atoms with Crippen LogP contribution in [-0.4, -0.2) is 67.7 Å². The maximum atomic E-state index is 11.9. The first kappa shape index (κ1) is 23.1. The molecule has 0 saturated carbocycles. The van der Waals surface area contributed by atoms with Crippen LogP contribution < -0.4 is 21.7 Å². The maximum Gasteiger partial charge on any atom is 0.326 e. The van der Waals surface area contributed by atoms with E-state index in [1.807, 2.05) is 0 Å². The normalized spacial score (nSPS) is 11.3. The van der Waals surface area contributed by atoms with Crippen molar-refractivity contribution in [2.75, 3.05) is 32.8 Å². The number of carbonyl (C=O) groups excluding carboxylic acids is 3. The summed E-state index contributed by atoms with van der Waals surface area (Å²) in [4.78, 5) is 46.4. The van der Waals surface area contributed by atoms with Crippen molar-refractivity contribution in [1.82, 2.24) is 16.0 Å². The van der Waals surface area contributed by atoms with Crippen LogP contribution in [0.1, 0.15) is 12.0 Å². The number of carboxylic acid groups (broad SMARTS) is 1. The highest BCUT2D eigenvalue weighted by Gasteiger charge is 2.20. The van der Waals surface area contributed by atoms with Crippen molar-refractivity contribution >= 4 is 23.7 Å². The van der Waals surface area contributed by atoms with Gasteiger partial charge in [-0.2, -0.15) is 0 Å². The highest BCUT2D eigenvalue weighted by Crippen LogP contribution is 2.03. The Morgan fingerprint density at radius 2 is 1.61 bits per heavy atom. The van der Waals surface area contributed by atoms with Gasteiger partial charge in [-0.1, -0.05) is 30.3 Å². The lowest BCUT2D eigenvalue weighted by atomic mass is 10.1. The molecule has 10 nitrogen and oxygen atoms in total. The third-order valence-electron chi connectivity index (χ3n) is 3.54. The first-order chi connectivity index (χ1) is 13.4. The number of carbonyl (C=O) groups is 4. The highest BCUT2D eigenvalue weighted by atomic mass is 16.5. The van der Waals surface area contributed by atoms with Crippen molar-refractivity contribution in [3.8, 4) is 0 Å². The molecule has 0 saturated heterocycles. The average molecular weight is 394 g/mol. The molecule has 28 heavy (non-hydrogen) atoms. The van der Waals surface area contributed by atoms with Crippen molar-refractivity contribution in [1.29, 1.82) is 0 Å². The zero-order chi connectivity index (χ0) is 20.8. The van der Waals surface area contributed by atoms with Gasteiger partial charge in [0.05, 0.1) is 26.3 Å². The molecular formula is C18H26N4O6. The molecule has 1 aromatic rings. The fraction of sp³-hybridized carbons (Fsp3) is 0.444. The number of amides is 3. The molecule has 0 heterocycles. The smallest absolute Gasteiger partial charge is 0.326 e. The molecule has 0 bridgehead atoms. The van der Waals surface area contributed by atoms with Crippen LogP contribution in [0.5, 0.6) is 0 Å². The number of ether oxygens (including phenoxy) is 1. The molecule has 154 valence electrons. The van der Waals surface area contributed by atoms with Crippen molar-refractivity contribution in [3.63, 3.8) is 0 Å². The van der Waals surface area contributed by atoms with Crippen LogP contribution in [0.3, 0.4) is 0 Å². The summed E-state index contributed by atoms with van der Waals surface area (Å²) >= 11 is 0. The lowest BCUT2D eigenvalue weighted by Crippen LogP contribution is -2.47. The number of rotatable bonds is 13. The van der Waals surface area contributed by atoms with E-state index in [1.54, 1.807) is 30.3 Å². The second-order valence-corrected chi connectivity index (χ2v) is 5.85. The monoisotopic (exact) mass is 394 g/mol. The largest absolute Gasteiger partial charge is 0.480 e. The summed E-state index contributed by atoms with van der Waals surface area (Å²) in [7, 11) is 0. The van der Waals surface area contributed by atoms with Gasteiger partial charge in [0.1, 0.15) is 6.04 Å². The Bertz CT molecular complexity index is 653. The molecule has 1 atom stereocenters. The van der Waals surface area contributed by atoms with Crippen LogP contribution in [0.25, 0.3) is 0 Å². The number of nitrogens with one attached hydrogen (secondary N) is 3. The number of hydrogen-bond acceptors (Lipinski definition) is 6. The van der Waals surface area contributed by atoms with Gasteiger partial charge in [0.15, 0.2) is 0 Å². The predicted octanol–water partition coefficient (Wildman–Crippen LogP) is -1.60. The first-order valence-corrected chi connectivity index (χ1v) is 8.79. The summed E-state index contributed by atoms with van der Waals surface area (Å²) in [6, 6.07) is 7.75. The lowest BCUT2D eigenvalue weighted by Gasteiger charge is -2.15. The second-order valence-electron chi connectivity index (χ2n) is 5.85. The van der Waals surface area contributed by atoms with Crippen LogP contribution in [0.4, 0.5) is 0 Å². The van der Waals surface area contributed by atoms with Gasteiger partial charge in [-0.15, -0.1) is 0 Å². The van der Waals surface area contributed by atoms with E-state index in [2.05, 4.69) is 16.0 Å². The molecule has 1 rings (SSSR count). The first-order valence-electron chi connectivity index (χ1n) is 8.79. The summed E-state index contributed by atoms with van der Waals surface area (Å²) in [5.41, 5.74) is 6.00. The minimum Gasteiger partial charge on any atom is -0.480 e. The Kier molecular flexibility index (Phi) is 10.9. The third-order valence-corrected chi connectivity index (χ3v) is 3.54. The van der Waals surface area contributed by atoms with E-state index in [0.717, 1.165) is 5.56 Å². The number of aliphatic carboxylic acids is 1. The fourth-order valence-electron chi connectivity index (χ4n) is 2.15. The highest BCUT2D eigenvalue weighted by molar-refractivity contribution is 5.89. The van der Waals surface area contributed by atoms with Gasteiger partial charge in [0.2, 0.25) is 17.7 Å². The number of hydrogen-bond donors (Lipinski definition) is 5. The molecule has 0 aliphatic carbocycles. The van der Waals surface area contributed by atoms with E-state index >= 15 is 0 Å². The molecule has 0 aliphatic heterocycles. The quantitative estimate of drug-likeness (QED) is 0.252. The van der Waals surface area contributed by atoms with Gasteiger partial charge >= 0.3 is 5.97 Å². The van der Waals surface area contributed by atoms with E-state index in [4.69, 9.17) is 10.5 Å². The average Bonchev–Trinajstić information content (AvgIpc) is 2.68. The molecular weight excluding hydrogens is 368 g/mol. The Balaban J connectivity index is 2.28. The van der Waals surface area contributed by atoms with Gasteiger partial charge in [-0.25, -0.2) is 4.79 Å². The maximum absolute atomic E-state index is 11.9. The van der Waals surface area contributed by atoms with Gasteiger partial charge < -0.3 is 31.5 Å². The van der Waals surface area contributed by atoms with Crippen molar-refractivity contribution in [3.05, 3.63) is 35.9 Å². The van der Waals surface area contributed by atoms with Crippen LogP contribution >= 0.6 is 0 Å². The minimum absolute atomic E-state index is 0.0908. The van der Waals surface area contributed by atoms with Crippen molar-refractivity contribution < 1.29 is 29.0 Å².